The van der Waals surface area contributed by atoms with Gasteiger partial charge in [0.15, 0.2) is 0 Å². The van der Waals surface area contributed by atoms with E-state index >= 15 is 0 Å². The van der Waals surface area contributed by atoms with E-state index in [1.165, 1.54) is 5.56 Å². The molecule has 3 heterocycles. The summed E-state index contributed by atoms with van der Waals surface area (Å²) in [7, 11) is 0. The molecule has 28 heavy (non-hydrogen) atoms. The van der Waals surface area contributed by atoms with Crippen LogP contribution in [0.5, 0.6) is 0 Å². The van der Waals surface area contributed by atoms with E-state index < -0.39 is 0 Å². The summed E-state index contributed by atoms with van der Waals surface area (Å²) in [5, 5.41) is 8.23. The fourth-order valence-electron chi connectivity index (χ4n) is 3.79. The normalized spacial score (nSPS) is 21.7. The van der Waals surface area contributed by atoms with E-state index in [1.807, 2.05) is 26.8 Å². The second kappa shape index (κ2) is 7.85. The Kier molecular flexibility index (Phi) is 5.28. The average Bonchev–Trinajstić information content (AvgIpc) is 3.31. The number of rotatable bonds is 5. The van der Waals surface area contributed by atoms with Gasteiger partial charge in [0, 0.05) is 24.7 Å². The van der Waals surface area contributed by atoms with Gasteiger partial charge < -0.3 is 13.8 Å². The minimum absolute atomic E-state index is 0.0737. The van der Waals surface area contributed by atoms with Gasteiger partial charge >= 0.3 is 0 Å². The Bertz CT molecular complexity index is 901. The van der Waals surface area contributed by atoms with E-state index in [0.717, 1.165) is 30.1 Å². The number of benzene rings is 1. The number of ether oxygens (including phenoxy) is 1. The molecule has 0 spiro atoms. The highest BCUT2D eigenvalue weighted by Crippen LogP contribution is 2.30. The fourth-order valence-corrected chi connectivity index (χ4v) is 3.79. The molecular weight excluding hydrogens is 356 g/mol. The summed E-state index contributed by atoms with van der Waals surface area (Å²) in [4.78, 5) is 7.04. The molecule has 1 aromatic carbocycles. The predicted molar refractivity (Wildman–Crippen MR) is 103 cm³/mol. The summed E-state index contributed by atoms with van der Waals surface area (Å²) in [6, 6.07) is 10.8. The van der Waals surface area contributed by atoms with E-state index in [2.05, 4.69) is 51.4 Å². The number of hydrogen-bond acceptors (Lipinski definition) is 7. The van der Waals surface area contributed by atoms with Gasteiger partial charge in [-0.05, 0) is 33.3 Å². The molecule has 0 bridgehead atoms. The number of aryl methyl sites for hydroxylation is 2. The first kappa shape index (κ1) is 18.8. The van der Waals surface area contributed by atoms with Crippen LogP contribution in [0, 0.1) is 13.8 Å². The van der Waals surface area contributed by atoms with Crippen molar-refractivity contribution in [3.05, 3.63) is 64.6 Å². The minimum Gasteiger partial charge on any atom is -0.367 e. The lowest BCUT2D eigenvalue weighted by Gasteiger charge is -2.36. The Morgan fingerprint density at radius 3 is 2.64 bits per heavy atom. The molecule has 1 fully saturated rings. The third-order valence-corrected chi connectivity index (χ3v) is 5.43. The van der Waals surface area contributed by atoms with Crippen LogP contribution in [0.3, 0.4) is 0 Å². The molecule has 1 saturated heterocycles. The molecule has 3 unspecified atom stereocenters. The van der Waals surface area contributed by atoms with Crippen LogP contribution in [0.4, 0.5) is 0 Å². The molecule has 7 heteroatoms. The van der Waals surface area contributed by atoms with Crippen molar-refractivity contribution in [3.8, 4) is 0 Å². The lowest BCUT2D eigenvalue weighted by Crippen LogP contribution is -2.44. The highest BCUT2D eigenvalue weighted by Gasteiger charge is 2.31. The van der Waals surface area contributed by atoms with E-state index in [1.54, 1.807) is 0 Å². The molecule has 3 aromatic rings. The van der Waals surface area contributed by atoms with Gasteiger partial charge in [-0.25, -0.2) is 0 Å². The molecule has 7 nitrogen and oxygen atoms in total. The second-order valence-electron chi connectivity index (χ2n) is 7.54. The Morgan fingerprint density at radius 2 is 1.93 bits per heavy atom. The lowest BCUT2D eigenvalue weighted by molar-refractivity contribution is -0.0676. The Hall–Kier alpha value is -2.51. The molecule has 0 amide bonds. The maximum atomic E-state index is 6.02. The molecule has 0 N–H and O–H groups in total. The van der Waals surface area contributed by atoms with Crippen LogP contribution in [-0.2, 0) is 11.3 Å². The third-order valence-electron chi connectivity index (χ3n) is 5.43. The first-order valence-electron chi connectivity index (χ1n) is 9.68. The number of nitrogens with zero attached hydrogens (tertiary/aromatic N) is 4. The Labute approximate surface area is 164 Å². The fraction of sp³-hybridized carbons (Fsp3) is 0.476. The first-order chi connectivity index (χ1) is 13.5. The first-order valence-corrected chi connectivity index (χ1v) is 9.68. The maximum Gasteiger partial charge on any atom is 0.234 e. The summed E-state index contributed by atoms with van der Waals surface area (Å²) >= 11 is 0. The summed E-state index contributed by atoms with van der Waals surface area (Å²) in [5.74, 6) is 1.86. The minimum atomic E-state index is -0.200. The van der Waals surface area contributed by atoms with E-state index in [9.17, 15) is 0 Å². The third kappa shape index (κ3) is 3.72. The Balaban J connectivity index is 1.49. The number of hydrogen-bond donors (Lipinski definition) is 0. The molecule has 3 atom stereocenters. The van der Waals surface area contributed by atoms with Crippen molar-refractivity contribution in [1.29, 1.82) is 0 Å². The lowest BCUT2D eigenvalue weighted by atomic mass is 9.99. The molecule has 148 valence electrons. The van der Waals surface area contributed by atoms with Crippen LogP contribution < -0.4 is 0 Å². The summed E-state index contributed by atoms with van der Waals surface area (Å²) in [6.45, 7) is 10.3. The van der Waals surface area contributed by atoms with Crippen LogP contribution in [0.1, 0.15) is 60.2 Å². The maximum absolute atomic E-state index is 6.02. The van der Waals surface area contributed by atoms with Crippen molar-refractivity contribution >= 4 is 0 Å². The number of aromatic nitrogens is 3. The van der Waals surface area contributed by atoms with Crippen molar-refractivity contribution in [2.45, 2.75) is 52.3 Å². The second-order valence-corrected chi connectivity index (χ2v) is 7.54. The highest BCUT2D eigenvalue weighted by molar-refractivity contribution is 5.29. The zero-order chi connectivity index (χ0) is 19.7. The summed E-state index contributed by atoms with van der Waals surface area (Å²) in [5.41, 5.74) is 3.14. The zero-order valence-corrected chi connectivity index (χ0v) is 16.8. The monoisotopic (exact) mass is 382 g/mol. The van der Waals surface area contributed by atoms with Gasteiger partial charge in [0.2, 0.25) is 11.7 Å². The SMILES string of the molecule is Cc1noc(C)c1C(C)c1nc(C2CN(Cc3ccccc3)C(C)CO2)no1. The van der Waals surface area contributed by atoms with Crippen molar-refractivity contribution in [3.63, 3.8) is 0 Å². The molecule has 0 saturated carbocycles. The molecule has 1 aliphatic rings. The highest BCUT2D eigenvalue weighted by atomic mass is 16.5. The molecule has 2 aromatic heterocycles. The van der Waals surface area contributed by atoms with Gasteiger partial charge in [0.25, 0.3) is 0 Å². The Morgan fingerprint density at radius 1 is 1.14 bits per heavy atom. The van der Waals surface area contributed by atoms with Crippen LogP contribution in [0.2, 0.25) is 0 Å². The molecule has 4 rings (SSSR count). The van der Waals surface area contributed by atoms with Crippen LogP contribution in [0.15, 0.2) is 39.4 Å². The van der Waals surface area contributed by atoms with Crippen molar-refractivity contribution < 1.29 is 13.8 Å². The van der Waals surface area contributed by atoms with Crippen molar-refractivity contribution in [1.82, 2.24) is 20.2 Å². The van der Waals surface area contributed by atoms with Gasteiger partial charge in [-0.15, -0.1) is 0 Å². The molecule has 0 radical (unpaired) electrons. The summed E-state index contributed by atoms with van der Waals surface area (Å²) in [6.07, 6.45) is -0.200. The van der Waals surface area contributed by atoms with Crippen molar-refractivity contribution in [2.75, 3.05) is 13.2 Å². The number of morpholine rings is 1. The van der Waals surface area contributed by atoms with E-state index in [0.29, 0.717) is 24.4 Å². The van der Waals surface area contributed by atoms with Gasteiger partial charge in [-0.1, -0.05) is 40.6 Å². The molecule has 1 aliphatic heterocycles. The van der Waals surface area contributed by atoms with Crippen molar-refractivity contribution in [2.24, 2.45) is 0 Å². The predicted octanol–water partition coefficient (Wildman–Crippen LogP) is 3.79. The smallest absolute Gasteiger partial charge is 0.234 e. The van der Waals surface area contributed by atoms with Gasteiger partial charge in [-0.3, -0.25) is 4.90 Å². The topological polar surface area (TPSA) is 77.4 Å². The van der Waals surface area contributed by atoms with E-state index in [-0.39, 0.29) is 12.0 Å². The van der Waals surface area contributed by atoms with Crippen LogP contribution in [0.25, 0.3) is 0 Å². The average molecular weight is 382 g/mol. The van der Waals surface area contributed by atoms with Gasteiger partial charge in [0.1, 0.15) is 11.9 Å². The van der Waals surface area contributed by atoms with Crippen LogP contribution in [-0.4, -0.2) is 39.4 Å². The van der Waals surface area contributed by atoms with Gasteiger partial charge in [-0.2, -0.15) is 4.98 Å². The zero-order valence-electron chi connectivity index (χ0n) is 16.8. The molecule has 0 aliphatic carbocycles. The van der Waals surface area contributed by atoms with E-state index in [4.69, 9.17) is 13.8 Å². The van der Waals surface area contributed by atoms with Crippen LogP contribution >= 0.6 is 0 Å². The molecular formula is C21H26N4O3. The van der Waals surface area contributed by atoms with Gasteiger partial charge in [0.05, 0.1) is 18.2 Å². The summed E-state index contributed by atoms with van der Waals surface area (Å²) < 4.78 is 16.9. The largest absolute Gasteiger partial charge is 0.367 e. The standard InChI is InChI=1S/C21H26N4O3/c1-13-12-26-18(11-25(13)10-17-8-6-5-7-9-17)20-22-21(28-24-20)14(2)19-15(3)23-27-16(19)4/h5-9,13-14,18H,10-12H2,1-4H3. The quantitative estimate of drug-likeness (QED) is 0.664.